The van der Waals surface area contributed by atoms with Gasteiger partial charge in [-0.05, 0) is 52.7 Å². The van der Waals surface area contributed by atoms with Crippen LogP contribution in [0.15, 0.2) is 23.1 Å². The molecule has 2 N–H and O–H groups in total. The van der Waals surface area contributed by atoms with E-state index in [4.69, 9.17) is 11.6 Å². The first kappa shape index (κ1) is 18.4. The van der Waals surface area contributed by atoms with Crippen molar-refractivity contribution in [1.29, 1.82) is 0 Å². The van der Waals surface area contributed by atoms with Gasteiger partial charge >= 0.3 is 0 Å². The van der Waals surface area contributed by atoms with E-state index in [2.05, 4.69) is 10.0 Å². The molecule has 120 valence electrons. The lowest BCUT2D eigenvalue weighted by atomic mass is 10.1. The van der Waals surface area contributed by atoms with Crippen LogP contribution in [0.25, 0.3) is 0 Å². The Morgan fingerprint density at radius 3 is 2.38 bits per heavy atom. The maximum Gasteiger partial charge on any atom is 0.240 e. The standard InChI is InChI=1S/C14H24ClN3O2S/c1-14(2,18(4)5)10-17-21(19,20)12-7-6-11(9-16-3)13(15)8-12/h6-8,16-17H,9-10H2,1-5H3. The molecule has 5 nitrogen and oxygen atoms in total. The highest BCUT2D eigenvalue weighted by Crippen LogP contribution is 2.21. The number of nitrogens with one attached hydrogen (secondary N) is 2. The number of nitrogens with zero attached hydrogens (tertiary/aromatic N) is 1. The molecule has 0 fully saturated rings. The van der Waals surface area contributed by atoms with Crippen molar-refractivity contribution in [2.24, 2.45) is 0 Å². The predicted molar refractivity (Wildman–Crippen MR) is 87.2 cm³/mol. The van der Waals surface area contributed by atoms with Crippen LogP contribution >= 0.6 is 11.6 Å². The van der Waals surface area contributed by atoms with E-state index in [1.165, 1.54) is 6.07 Å². The quantitative estimate of drug-likeness (QED) is 0.797. The Bertz CT molecular complexity index is 586. The van der Waals surface area contributed by atoms with Crippen LogP contribution in [0.3, 0.4) is 0 Å². The minimum atomic E-state index is -3.56. The second-order valence-electron chi connectivity index (χ2n) is 5.81. The summed E-state index contributed by atoms with van der Waals surface area (Å²) in [6.07, 6.45) is 0. The van der Waals surface area contributed by atoms with Crippen LogP contribution in [0.1, 0.15) is 19.4 Å². The molecule has 0 aliphatic rings. The van der Waals surface area contributed by atoms with Gasteiger partial charge in [-0.15, -0.1) is 0 Å². The van der Waals surface area contributed by atoms with Crippen molar-refractivity contribution in [1.82, 2.24) is 14.9 Å². The molecular formula is C14H24ClN3O2S. The monoisotopic (exact) mass is 333 g/mol. The lowest BCUT2D eigenvalue weighted by molar-refractivity contribution is 0.199. The van der Waals surface area contributed by atoms with Crippen LogP contribution in [0.4, 0.5) is 0 Å². The minimum Gasteiger partial charge on any atom is -0.316 e. The van der Waals surface area contributed by atoms with Gasteiger partial charge in [0.05, 0.1) is 4.90 Å². The van der Waals surface area contributed by atoms with Crippen LogP contribution in [0.2, 0.25) is 5.02 Å². The topological polar surface area (TPSA) is 61.4 Å². The van der Waals surface area contributed by atoms with Crippen molar-refractivity contribution < 1.29 is 8.42 Å². The Hall–Kier alpha value is -0.660. The third-order valence-electron chi connectivity index (χ3n) is 3.61. The Morgan fingerprint density at radius 1 is 1.29 bits per heavy atom. The first-order valence-electron chi connectivity index (χ1n) is 6.70. The van der Waals surface area contributed by atoms with Crippen molar-refractivity contribution >= 4 is 21.6 Å². The van der Waals surface area contributed by atoms with Gasteiger partial charge in [-0.2, -0.15) is 0 Å². The van der Waals surface area contributed by atoms with Gasteiger partial charge in [-0.1, -0.05) is 17.7 Å². The van der Waals surface area contributed by atoms with E-state index < -0.39 is 10.0 Å². The zero-order valence-corrected chi connectivity index (χ0v) is 14.8. The summed E-state index contributed by atoms with van der Waals surface area (Å²) in [4.78, 5) is 2.15. The first-order chi connectivity index (χ1) is 9.60. The zero-order valence-electron chi connectivity index (χ0n) is 13.2. The summed E-state index contributed by atoms with van der Waals surface area (Å²) in [5.41, 5.74) is 0.592. The average Bonchev–Trinajstić information content (AvgIpc) is 2.39. The van der Waals surface area contributed by atoms with Crippen molar-refractivity contribution in [3.05, 3.63) is 28.8 Å². The largest absolute Gasteiger partial charge is 0.316 e. The molecule has 7 heteroatoms. The third kappa shape index (κ3) is 4.93. The van der Waals surface area contributed by atoms with Gasteiger partial charge in [0.15, 0.2) is 0 Å². The van der Waals surface area contributed by atoms with E-state index in [-0.39, 0.29) is 10.4 Å². The summed E-state index contributed by atoms with van der Waals surface area (Å²) in [6, 6.07) is 4.78. The smallest absolute Gasteiger partial charge is 0.240 e. The molecule has 0 atom stereocenters. The van der Waals surface area contributed by atoms with Gasteiger partial charge in [0.1, 0.15) is 0 Å². The Labute approximate surface area is 132 Å². The van der Waals surface area contributed by atoms with Crippen LogP contribution in [-0.4, -0.2) is 46.5 Å². The lowest BCUT2D eigenvalue weighted by Gasteiger charge is -2.32. The molecule has 21 heavy (non-hydrogen) atoms. The Kier molecular flexibility index (Phi) is 6.19. The number of rotatable bonds is 7. The molecule has 0 spiro atoms. The second kappa shape index (κ2) is 7.07. The van der Waals surface area contributed by atoms with Crippen LogP contribution in [-0.2, 0) is 16.6 Å². The minimum absolute atomic E-state index is 0.182. The van der Waals surface area contributed by atoms with E-state index >= 15 is 0 Å². The van der Waals surface area contributed by atoms with Gasteiger partial charge in [0.25, 0.3) is 0 Å². The van der Waals surface area contributed by atoms with Gasteiger partial charge in [0, 0.05) is 23.7 Å². The van der Waals surface area contributed by atoms with E-state index in [1.54, 1.807) is 12.1 Å². The molecule has 0 heterocycles. The molecule has 0 saturated carbocycles. The molecule has 1 aromatic rings. The van der Waals surface area contributed by atoms with Crippen molar-refractivity contribution in [3.63, 3.8) is 0 Å². The Balaban J connectivity index is 2.91. The number of sulfonamides is 1. The number of halogens is 1. The molecule has 1 aromatic carbocycles. The normalized spacial score (nSPS) is 12.9. The summed E-state index contributed by atoms with van der Waals surface area (Å²) in [5.74, 6) is 0. The summed E-state index contributed by atoms with van der Waals surface area (Å²) in [5, 5.41) is 3.43. The molecule has 0 aliphatic heterocycles. The van der Waals surface area contributed by atoms with Crippen LogP contribution in [0.5, 0.6) is 0 Å². The van der Waals surface area contributed by atoms with E-state index in [0.717, 1.165) is 5.56 Å². The highest BCUT2D eigenvalue weighted by molar-refractivity contribution is 7.89. The van der Waals surface area contributed by atoms with Crippen LogP contribution in [0, 0.1) is 0 Å². The van der Waals surface area contributed by atoms with Gasteiger partial charge in [-0.25, -0.2) is 13.1 Å². The summed E-state index contributed by atoms with van der Waals surface area (Å²) >= 11 is 6.11. The zero-order chi connectivity index (χ0) is 16.3. The van der Waals surface area contributed by atoms with Gasteiger partial charge < -0.3 is 10.2 Å². The van der Waals surface area contributed by atoms with Gasteiger partial charge in [0.2, 0.25) is 10.0 Å². The molecule has 0 bridgehead atoms. The number of hydrogen-bond acceptors (Lipinski definition) is 4. The average molecular weight is 334 g/mol. The van der Waals surface area contributed by atoms with Crippen LogP contribution < -0.4 is 10.0 Å². The molecule has 0 aliphatic carbocycles. The van der Waals surface area contributed by atoms with Gasteiger partial charge in [-0.3, -0.25) is 0 Å². The highest BCUT2D eigenvalue weighted by Gasteiger charge is 2.24. The fourth-order valence-electron chi connectivity index (χ4n) is 1.54. The lowest BCUT2D eigenvalue weighted by Crippen LogP contribution is -2.48. The van der Waals surface area contributed by atoms with E-state index in [9.17, 15) is 8.42 Å². The number of likely N-dealkylation sites (N-methyl/N-ethyl adjacent to an activating group) is 1. The molecule has 0 amide bonds. The summed E-state index contributed by atoms with van der Waals surface area (Å²) in [7, 11) is 2.08. The summed E-state index contributed by atoms with van der Waals surface area (Å²) in [6.45, 7) is 4.86. The predicted octanol–water partition coefficient (Wildman–Crippen LogP) is 1.68. The maximum atomic E-state index is 12.3. The summed E-state index contributed by atoms with van der Waals surface area (Å²) < 4.78 is 27.3. The van der Waals surface area contributed by atoms with E-state index in [1.807, 2.05) is 39.9 Å². The highest BCUT2D eigenvalue weighted by atomic mass is 35.5. The molecule has 1 rings (SSSR count). The molecule has 0 aromatic heterocycles. The van der Waals surface area contributed by atoms with Crippen molar-refractivity contribution in [3.8, 4) is 0 Å². The maximum absolute atomic E-state index is 12.3. The first-order valence-corrected chi connectivity index (χ1v) is 8.56. The number of benzene rings is 1. The number of hydrogen-bond donors (Lipinski definition) is 2. The fourth-order valence-corrected chi connectivity index (χ4v) is 3.08. The SMILES string of the molecule is CNCc1ccc(S(=O)(=O)NCC(C)(C)N(C)C)cc1Cl. The van der Waals surface area contributed by atoms with Crippen molar-refractivity contribution in [2.45, 2.75) is 30.8 Å². The molecule has 0 radical (unpaired) electrons. The fraction of sp³-hybridized carbons (Fsp3) is 0.571. The molecule has 0 saturated heterocycles. The molecular weight excluding hydrogens is 310 g/mol. The van der Waals surface area contributed by atoms with Crippen molar-refractivity contribution in [2.75, 3.05) is 27.7 Å². The second-order valence-corrected chi connectivity index (χ2v) is 7.99. The Morgan fingerprint density at radius 2 is 1.90 bits per heavy atom. The van der Waals surface area contributed by atoms with E-state index in [0.29, 0.717) is 18.1 Å². The molecule has 0 unspecified atom stereocenters. The third-order valence-corrected chi connectivity index (χ3v) is 5.36.